The van der Waals surface area contributed by atoms with Gasteiger partial charge in [0, 0.05) is 13.1 Å². The molecule has 0 amide bonds. The van der Waals surface area contributed by atoms with Gasteiger partial charge in [0.25, 0.3) is 0 Å². The van der Waals surface area contributed by atoms with Crippen LogP contribution in [0.25, 0.3) is 0 Å². The molecule has 1 radical (unpaired) electrons. The molecule has 0 bridgehead atoms. The van der Waals surface area contributed by atoms with Crippen LogP contribution in [0.4, 0.5) is 22.0 Å². The minimum Gasteiger partial charge on any atom is -0.376 e. The first kappa shape index (κ1) is 15.2. The van der Waals surface area contributed by atoms with Gasteiger partial charge in [0.15, 0.2) is 23.3 Å². The van der Waals surface area contributed by atoms with Crippen molar-refractivity contribution >= 4 is 0 Å². The molecule has 1 aliphatic rings. The van der Waals surface area contributed by atoms with Crippen LogP contribution < -0.4 is 5.32 Å². The highest BCUT2D eigenvalue weighted by Gasteiger charge is 2.25. The Labute approximate surface area is 112 Å². The number of benzene rings is 1. The Hall–Kier alpha value is -1.21. The Bertz CT molecular complexity index is 459. The number of hydrogen-bond donors (Lipinski definition) is 0. The number of rotatable bonds is 4. The molecule has 1 aliphatic heterocycles. The molecule has 20 heavy (non-hydrogen) atoms. The fourth-order valence-corrected chi connectivity index (χ4v) is 2.10. The maximum Gasteiger partial charge on any atom is 0.200 e. The van der Waals surface area contributed by atoms with Crippen molar-refractivity contribution in [3.8, 4) is 0 Å². The van der Waals surface area contributed by atoms with E-state index in [1.165, 1.54) is 0 Å². The molecule has 2 nitrogen and oxygen atoms in total. The van der Waals surface area contributed by atoms with Gasteiger partial charge < -0.3 is 4.74 Å². The van der Waals surface area contributed by atoms with Crippen LogP contribution in [0.2, 0.25) is 0 Å². The summed E-state index contributed by atoms with van der Waals surface area (Å²) in [5.41, 5.74) is -0.936. The molecule has 0 spiro atoms. The number of hydrogen-bond acceptors (Lipinski definition) is 1. The van der Waals surface area contributed by atoms with Crippen LogP contribution in [0.15, 0.2) is 0 Å². The van der Waals surface area contributed by atoms with Crippen LogP contribution in [-0.4, -0.2) is 19.7 Å². The maximum atomic E-state index is 13.3. The first-order chi connectivity index (χ1) is 9.52. The van der Waals surface area contributed by atoms with Crippen molar-refractivity contribution in [2.45, 2.75) is 19.4 Å². The smallest absolute Gasteiger partial charge is 0.200 e. The zero-order chi connectivity index (χ0) is 14.7. The van der Waals surface area contributed by atoms with Gasteiger partial charge in [-0.1, -0.05) is 0 Å². The van der Waals surface area contributed by atoms with Crippen molar-refractivity contribution < 1.29 is 26.7 Å². The van der Waals surface area contributed by atoms with E-state index in [0.29, 0.717) is 6.54 Å². The van der Waals surface area contributed by atoms with Crippen LogP contribution in [0.3, 0.4) is 0 Å². The summed E-state index contributed by atoms with van der Waals surface area (Å²) in [4.78, 5) is 0. The van der Waals surface area contributed by atoms with E-state index < -0.39 is 41.3 Å². The van der Waals surface area contributed by atoms with E-state index in [-0.39, 0.29) is 12.5 Å². The van der Waals surface area contributed by atoms with Gasteiger partial charge >= 0.3 is 0 Å². The summed E-state index contributed by atoms with van der Waals surface area (Å²) in [6.07, 6.45) is 1.79. The van der Waals surface area contributed by atoms with Crippen LogP contribution in [0, 0.1) is 35.0 Å². The summed E-state index contributed by atoms with van der Waals surface area (Å²) < 4.78 is 70.5. The van der Waals surface area contributed by atoms with Crippen LogP contribution in [-0.2, 0) is 11.3 Å². The lowest BCUT2D eigenvalue weighted by Gasteiger charge is -2.21. The van der Waals surface area contributed by atoms with Gasteiger partial charge in [-0.3, -0.25) is 0 Å². The minimum absolute atomic E-state index is 0.130. The van der Waals surface area contributed by atoms with Gasteiger partial charge in [-0.05, 0) is 18.8 Å². The third-order valence-corrected chi connectivity index (χ3v) is 3.22. The number of ether oxygens (including phenoxy) is 1. The average molecular weight is 294 g/mol. The number of piperidine rings is 1. The lowest BCUT2D eigenvalue weighted by atomic mass is 10.0. The summed E-state index contributed by atoms with van der Waals surface area (Å²) in [6.45, 7) is 0.913. The molecule has 1 saturated heterocycles. The van der Waals surface area contributed by atoms with Gasteiger partial charge in [0.05, 0.1) is 18.8 Å². The zero-order valence-electron chi connectivity index (χ0n) is 10.6. The molecular weight excluding hydrogens is 281 g/mol. The summed E-state index contributed by atoms with van der Waals surface area (Å²) in [6, 6.07) is 0. The monoisotopic (exact) mass is 294 g/mol. The second-order valence-corrected chi connectivity index (χ2v) is 4.70. The molecule has 1 atom stereocenters. The molecule has 1 unspecified atom stereocenters. The molecule has 0 aromatic heterocycles. The van der Waals surface area contributed by atoms with Gasteiger partial charge in [0.2, 0.25) is 5.82 Å². The Balaban J connectivity index is 2.02. The zero-order valence-corrected chi connectivity index (χ0v) is 10.6. The molecule has 1 heterocycles. The maximum absolute atomic E-state index is 13.3. The average Bonchev–Trinajstić information content (AvgIpc) is 2.48. The van der Waals surface area contributed by atoms with E-state index in [1.807, 2.05) is 0 Å². The molecule has 111 valence electrons. The molecule has 1 aromatic rings. The van der Waals surface area contributed by atoms with Crippen LogP contribution in [0.1, 0.15) is 18.4 Å². The second kappa shape index (κ2) is 6.49. The highest BCUT2D eigenvalue weighted by molar-refractivity contribution is 5.23. The van der Waals surface area contributed by atoms with Crippen molar-refractivity contribution in [1.29, 1.82) is 0 Å². The summed E-state index contributed by atoms with van der Waals surface area (Å²) in [5, 5.41) is 4.16. The molecule has 0 N–H and O–H groups in total. The van der Waals surface area contributed by atoms with Gasteiger partial charge in [-0.25, -0.2) is 27.3 Å². The van der Waals surface area contributed by atoms with Crippen molar-refractivity contribution in [1.82, 2.24) is 5.32 Å². The van der Waals surface area contributed by atoms with E-state index in [1.54, 1.807) is 0 Å². The first-order valence-corrected chi connectivity index (χ1v) is 6.23. The largest absolute Gasteiger partial charge is 0.376 e. The standard InChI is InChI=1S/C13H13F5NO/c14-9-8(10(15)12(17)13(18)11(9)16)6-20-5-7-2-1-3-19-4-7/h7H,1-6H2. The topological polar surface area (TPSA) is 23.3 Å². The Morgan fingerprint density at radius 2 is 1.55 bits per heavy atom. The quantitative estimate of drug-likeness (QED) is 0.476. The minimum atomic E-state index is -2.16. The van der Waals surface area contributed by atoms with E-state index in [9.17, 15) is 22.0 Å². The fourth-order valence-electron chi connectivity index (χ4n) is 2.10. The van der Waals surface area contributed by atoms with Crippen molar-refractivity contribution in [3.63, 3.8) is 0 Å². The number of nitrogens with zero attached hydrogens (tertiary/aromatic N) is 1. The van der Waals surface area contributed by atoms with Crippen molar-refractivity contribution in [2.75, 3.05) is 19.7 Å². The van der Waals surface area contributed by atoms with Gasteiger partial charge in [-0.2, -0.15) is 0 Å². The third kappa shape index (κ3) is 3.09. The molecule has 0 aliphatic carbocycles. The third-order valence-electron chi connectivity index (χ3n) is 3.22. The van der Waals surface area contributed by atoms with E-state index in [2.05, 4.69) is 5.32 Å². The second-order valence-electron chi connectivity index (χ2n) is 4.70. The van der Waals surface area contributed by atoms with E-state index in [4.69, 9.17) is 4.74 Å². The van der Waals surface area contributed by atoms with Gasteiger partial charge in [0.1, 0.15) is 0 Å². The summed E-state index contributed by atoms with van der Waals surface area (Å²) in [7, 11) is 0. The van der Waals surface area contributed by atoms with E-state index >= 15 is 0 Å². The van der Waals surface area contributed by atoms with Crippen molar-refractivity contribution in [2.24, 2.45) is 5.92 Å². The highest BCUT2D eigenvalue weighted by atomic mass is 19.2. The highest BCUT2D eigenvalue weighted by Crippen LogP contribution is 2.24. The Morgan fingerprint density at radius 3 is 2.10 bits per heavy atom. The SMILES string of the molecule is Fc1c(F)c(F)c(COCC2CCC[N]C2)c(F)c1F. The summed E-state index contributed by atoms with van der Waals surface area (Å²) in [5.74, 6) is -9.60. The lowest BCUT2D eigenvalue weighted by molar-refractivity contribution is 0.0731. The lowest BCUT2D eigenvalue weighted by Crippen LogP contribution is -2.27. The van der Waals surface area contributed by atoms with Crippen LogP contribution in [0.5, 0.6) is 0 Å². The van der Waals surface area contributed by atoms with Crippen LogP contribution >= 0.6 is 0 Å². The molecule has 0 saturated carbocycles. The summed E-state index contributed by atoms with van der Waals surface area (Å²) >= 11 is 0. The first-order valence-electron chi connectivity index (χ1n) is 6.23. The molecule has 1 fully saturated rings. The number of halogens is 5. The predicted molar refractivity (Wildman–Crippen MR) is 60.5 cm³/mol. The Kier molecular flexibility index (Phi) is 4.93. The molecule has 1 aromatic carbocycles. The van der Waals surface area contributed by atoms with E-state index in [0.717, 1.165) is 19.4 Å². The molecule has 7 heteroatoms. The van der Waals surface area contributed by atoms with Gasteiger partial charge in [-0.15, -0.1) is 0 Å². The normalized spacial score (nSPS) is 19.4. The fraction of sp³-hybridized carbons (Fsp3) is 0.538. The molecule has 2 rings (SSSR count). The predicted octanol–water partition coefficient (Wildman–Crippen LogP) is 2.91. The van der Waals surface area contributed by atoms with Crippen molar-refractivity contribution in [3.05, 3.63) is 34.6 Å². The Morgan fingerprint density at radius 1 is 0.950 bits per heavy atom. The molecular formula is C13H13F5NO.